The third-order valence-corrected chi connectivity index (χ3v) is 8.14. The largest absolute Gasteiger partial charge is 0.477 e. The molecule has 1 saturated heterocycles. The summed E-state index contributed by atoms with van der Waals surface area (Å²) in [6.07, 6.45) is -1.05. The minimum absolute atomic E-state index is 0.0525. The van der Waals surface area contributed by atoms with Gasteiger partial charge in [0.2, 0.25) is 15.7 Å². The molecule has 0 spiro atoms. The number of hydrogen-bond acceptors (Lipinski definition) is 6. The van der Waals surface area contributed by atoms with Crippen molar-refractivity contribution in [2.24, 2.45) is 11.8 Å². The van der Waals surface area contributed by atoms with E-state index in [0.29, 0.717) is 13.1 Å². The number of aliphatic carboxylic acids is 1. The highest BCUT2D eigenvalue weighted by atomic mass is 32.2. The first kappa shape index (κ1) is 23.0. The summed E-state index contributed by atoms with van der Waals surface area (Å²) in [4.78, 5) is 39.2. The topological polar surface area (TPSA) is 132 Å². The Morgan fingerprint density at radius 2 is 1.77 bits per heavy atom. The van der Waals surface area contributed by atoms with Gasteiger partial charge in [0.1, 0.15) is 5.70 Å². The number of nitrogens with zero attached hydrogens (tertiary/aromatic N) is 2. The van der Waals surface area contributed by atoms with E-state index in [9.17, 15) is 33.0 Å². The van der Waals surface area contributed by atoms with Crippen molar-refractivity contribution < 1.29 is 33.0 Å². The molecule has 0 aliphatic carbocycles. The number of benzene rings is 1. The molecule has 0 aromatic heterocycles. The summed E-state index contributed by atoms with van der Waals surface area (Å²) < 4.78 is 27.4. The van der Waals surface area contributed by atoms with E-state index in [0.717, 1.165) is 4.90 Å². The van der Waals surface area contributed by atoms with E-state index < -0.39 is 62.2 Å². The van der Waals surface area contributed by atoms with Gasteiger partial charge < -0.3 is 20.0 Å². The molecular weight excluding hydrogens is 424 g/mol. The summed E-state index contributed by atoms with van der Waals surface area (Å²) in [5.74, 6) is -4.39. The number of carboxylic acid groups (broad SMARTS) is 1. The normalized spacial score (nSPS) is 24.0. The number of aliphatic hydroxyl groups excluding tert-OH is 1. The Bertz CT molecular complexity index is 1070. The van der Waals surface area contributed by atoms with Gasteiger partial charge in [-0.2, -0.15) is 0 Å². The second-order valence-corrected chi connectivity index (χ2v) is 9.64. The number of fused-ring (bicyclic) bond motifs is 1. The third kappa shape index (κ3) is 3.34. The molecule has 2 aliphatic heterocycles. The Morgan fingerprint density at radius 3 is 2.29 bits per heavy atom. The standard InChI is InChI=1S/C21H26N2O7S/c1-5-22(6-2)19(25)13-9-7-8-10-14(13)31(29,30)18-11(3)16-15(12(4)24)20(26)23(16)17(18)21(27)28/h7-12,15-16,24H,5-6H2,1-4H3,(H,27,28)/t11?,12?,15?,16-/m0/s1. The molecule has 2 heterocycles. The fourth-order valence-corrected chi connectivity index (χ4v) is 6.57. The molecule has 1 aromatic carbocycles. The van der Waals surface area contributed by atoms with Crippen molar-refractivity contribution in [1.82, 2.24) is 9.80 Å². The van der Waals surface area contributed by atoms with Crippen molar-refractivity contribution in [3.63, 3.8) is 0 Å². The Labute approximate surface area is 180 Å². The molecule has 2 N–H and O–H groups in total. The number of rotatable bonds is 7. The SMILES string of the molecule is CCN(CC)C(=O)c1ccccc1S(=O)(=O)C1=C(C(=O)O)N2C(=O)C(C(C)O)[C@@H]2C1C. The third-order valence-electron chi connectivity index (χ3n) is 6.06. The van der Waals surface area contributed by atoms with E-state index in [1.54, 1.807) is 19.9 Å². The maximum atomic E-state index is 13.7. The van der Waals surface area contributed by atoms with Crippen molar-refractivity contribution in [1.29, 1.82) is 0 Å². The zero-order valence-electron chi connectivity index (χ0n) is 17.8. The molecule has 2 aliphatic rings. The van der Waals surface area contributed by atoms with Crippen LogP contribution in [0.15, 0.2) is 39.8 Å². The summed E-state index contributed by atoms with van der Waals surface area (Å²) in [6, 6.07) is 4.90. The summed E-state index contributed by atoms with van der Waals surface area (Å²) in [7, 11) is -4.43. The van der Waals surface area contributed by atoms with Gasteiger partial charge in [0.25, 0.3) is 5.91 Å². The number of β-lactam (4-membered cyclic amide) rings is 1. The number of carbonyl (C=O) groups excluding carboxylic acids is 2. The van der Waals surface area contributed by atoms with E-state index in [1.165, 1.54) is 36.9 Å². The Morgan fingerprint density at radius 1 is 1.19 bits per heavy atom. The Hall–Kier alpha value is -2.72. The van der Waals surface area contributed by atoms with Gasteiger partial charge in [-0.3, -0.25) is 9.59 Å². The van der Waals surface area contributed by atoms with Gasteiger partial charge in [-0.1, -0.05) is 19.1 Å². The lowest BCUT2D eigenvalue weighted by molar-refractivity contribution is -0.163. The number of carbonyl (C=O) groups is 3. The molecule has 10 heteroatoms. The zero-order chi connectivity index (χ0) is 23.2. The molecule has 3 rings (SSSR count). The van der Waals surface area contributed by atoms with Crippen LogP contribution >= 0.6 is 0 Å². The molecule has 0 bridgehead atoms. The highest BCUT2D eigenvalue weighted by Gasteiger charge is 2.62. The molecule has 1 aromatic rings. The lowest BCUT2D eigenvalue weighted by atomic mass is 9.79. The number of hydrogen-bond donors (Lipinski definition) is 2. The number of sulfone groups is 1. The van der Waals surface area contributed by atoms with E-state index in [4.69, 9.17) is 0 Å². The highest BCUT2D eigenvalue weighted by Crippen LogP contribution is 2.50. The fourth-order valence-electron chi connectivity index (χ4n) is 4.56. The number of amides is 2. The summed E-state index contributed by atoms with van der Waals surface area (Å²) in [6.45, 7) is 7.24. The minimum Gasteiger partial charge on any atom is -0.477 e. The van der Waals surface area contributed by atoms with E-state index in [2.05, 4.69) is 0 Å². The van der Waals surface area contributed by atoms with Crippen molar-refractivity contribution in [3.8, 4) is 0 Å². The predicted octanol–water partition coefficient (Wildman–Crippen LogP) is 1.10. The molecule has 1 fully saturated rings. The molecule has 2 amide bonds. The van der Waals surface area contributed by atoms with Crippen molar-refractivity contribution in [2.45, 2.75) is 44.7 Å². The van der Waals surface area contributed by atoms with Crippen LogP contribution in [0.1, 0.15) is 38.1 Å². The zero-order valence-corrected chi connectivity index (χ0v) is 18.6. The number of carboxylic acids is 1. The lowest BCUT2D eigenvalue weighted by Crippen LogP contribution is -2.63. The molecule has 168 valence electrons. The quantitative estimate of drug-likeness (QED) is 0.594. The average molecular weight is 451 g/mol. The van der Waals surface area contributed by atoms with E-state index in [-0.39, 0.29) is 10.5 Å². The maximum Gasteiger partial charge on any atom is 0.353 e. The number of aliphatic hydroxyl groups is 1. The second-order valence-electron chi connectivity index (χ2n) is 7.75. The van der Waals surface area contributed by atoms with Crippen LogP contribution in [-0.2, 0) is 19.4 Å². The van der Waals surface area contributed by atoms with Crippen LogP contribution in [0.4, 0.5) is 0 Å². The first-order valence-corrected chi connectivity index (χ1v) is 11.6. The molecule has 0 radical (unpaired) electrons. The Balaban J connectivity index is 2.19. The highest BCUT2D eigenvalue weighted by molar-refractivity contribution is 7.95. The molecule has 9 nitrogen and oxygen atoms in total. The van der Waals surface area contributed by atoms with Gasteiger partial charge in [0.15, 0.2) is 0 Å². The van der Waals surface area contributed by atoms with Gasteiger partial charge >= 0.3 is 5.97 Å². The van der Waals surface area contributed by atoms with Crippen LogP contribution < -0.4 is 0 Å². The smallest absolute Gasteiger partial charge is 0.353 e. The summed E-state index contributed by atoms with van der Waals surface area (Å²) >= 11 is 0. The minimum atomic E-state index is -4.43. The first-order valence-electron chi connectivity index (χ1n) is 10.1. The summed E-state index contributed by atoms with van der Waals surface area (Å²) in [5.41, 5.74) is -0.659. The van der Waals surface area contributed by atoms with Gasteiger partial charge in [-0.25, -0.2) is 13.2 Å². The van der Waals surface area contributed by atoms with Gasteiger partial charge in [-0.15, -0.1) is 0 Å². The van der Waals surface area contributed by atoms with Crippen LogP contribution in [0, 0.1) is 11.8 Å². The van der Waals surface area contributed by atoms with Crippen molar-refractivity contribution in [2.75, 3.05) is 13.1 Å². The van der Waals surface area contributed by atoms with Crippen LogP contribution in [0.3, 0.4) is 0 Å². The van der Waals surface area contributed by atoms with Crippen LogP contribution in [0.25, 0.3) is 0 Å². The first-order chi connectivity index (χ1) is 14.5. The van der Waals surface area contributed by atoms with Gasteiger partial charge in [0.05, 0.1) is 33.4 Å². The predicted molar refractivity (Wildman–Crippen MR) is 111 cm³/mol. The molecule has 0 saturated carbocycles. The van der Waals surface area contributed by atoms with Crippen LogP contribution in [0.2, 0.25) is 0 Å². The lowest BCUT2D eigenvalue weighted by Gasteiger charge is -2.46. The van der Waals surface area contributed by atoms with Crippen LogP contribution in [-0.4, -0.2) is 71.4 Å². The monoisotopic (exact) mass is 450 g/mol. The van der Waals surface area contributed by atoms with Crippen molar-refractivity contribution in [3.05, 3.63) is 40.4 Å². The van der Waals surface area contributed by atoms with Gasteiger partial charge in [-0.05, 0) is 32.9 Å². The molecular formula is C21H26N2O7S. The molecule has 4 atom stereocenters. The maximum absolute atomic E-state index is 13.7. The van der Waals surface area contributed by atoms with Crippen LogP contribution in [0.5, 0.6) is 0 Å². The fraction of sp³-hybridized carbons (Fsp3) is 0.476. The summed E-state index contributed by atoms with van der Waals surface area (Å²) in [5, 5.41) is 19.7. The average Bonchev–Trinajstić information content (AvgIpc) is 2.98. The Kier molecular flexibility index (Phi) is 5.98. The molecule has 31 heavy (non-hydrogen) atoms. The van der Waals surface area contributed by atoms with E-state index in [1.807, 2.05) is 0 Å². The van der Waals surface area contributed by atoms with Gasteiger partial charge in [0, 0.05) is 19.0 Å². The van der Waals surface area contributed by atoms with Crippen molar-refractivity contribution >= 4 is 27.6 Å². The molecule has 3 unspecified atom stereocenters. The van der Waals surface area contributed by atoms with E-state index >= 15 is 0 Å². The second kappa shape index (κ2) is 8.08.